The molecule has 0 unspecified atom stereocenters. The maximum atomic E-state index is 14.8. The van der Waals surface area contributed by atoms with Crippen LogP contribution in [-0.2, 0) is 0 Å². The van der Waals surface area contributed by atoms with Gasteiger partial charge in [0, 0.05) is 46.2 Å². The number of amides is 1. The van der Waals surface area contributed by atoms with Crippen molar-refractivity contribution in [3.63, 3.8) is 0 Å². The Labute approximate surface area is 276 Å². The predicted octanol–water partition coefficient (Wildman–Crippen LogP) is 8.31. The summed E-state index contributed by atoms with van der Waals surface area (Å²) in [5, 5.41) is 12.7. The molecule has 1 aliphatic heterocycles. The minimum Gasteiger partial charge on any atom is -0.492 e. The fourth-order valence-corrected chi connectivity index (χ4v) is 6.49. The molecule has 1 fully saturated rings. The van der Waals surface area contributed by atoms with E-state index >= 15 is 0 Å². The van der Waals surface area contributed by atoms with Crippen molar-refractivity contribution in [2.75, 3.05) is 31.6 Å². The molecule has 0 atom stereocenters. The summed E-state index contributed by atoms with van der Waals surface area (Å²) < 4.78 is 20.9. The third kappa shape index (κ3) is 6.03. The lowest BCUT2D eigenvalue weighted by molar-refractivity contribution is 0.102. The molecule has 0 radical (unpaired) electrons. The lowest BCUT2D eigenvalue weighted by Crippen LogP contribution is -2.25. The summed E-state index contributed by atoms with van der Waals surface area (Å²) in [6.45, 7) is 3.57. The number of pyridine rings is 1. The largest absolute Gasteiger partial charge is 0.492 e. The maximum Gasteiger partial charge on any atom is 0.255 e. The van der Waals surface area contributed by atoms with Gasteiger partial charge >= 0.3 is 0 Å². The molecule has 8 nitrogen and oxygen atoms in total. The SMILES string of the molecule is O=C(Nc1cncc(-c2ccc3[nH]nc(-c4cc5c(-c6cc(F)cc(OCCN7CCCC7)c6)cccc5[nH]4)c3c2)c1)c1ccccc1. The zero-order valence-corrected chi connectivity index (χ0v) is 26.2. The van der Waals surface area contributed by atoms with Crippen molar-refractivity contribution in [2.45, 2.75) is 12.8 Å². The van der Waals surface area contributed by atoms with Gasteiger partial charge in [-0.25, -0.2) is 4.39 Å². The van der Waals surface area contributed by atoms with Crippen molar-refractivity contribution in [2.24, 2.45) is 0 Å². The molecule has 1 amide bonds. The molecule has 48 heavy (non-hydrogen) atoms. The highest BCUT2D eigenvalue weighted by Gasteiger charge is 2.16. The first-order valence-corrected chi connectivity index (χ1v) is 16.2. The van der Waals surface area contributed by atoms with Crippen LogP contribution in [0.2, 0.25) is 0 Å². The van der Waals surface area contributed by atoms with Crippen molar-refractivity contribution in [3.05, 3.63) is 121 Å². The number of aromatic nitrogens is 4. The Morgan fingerprint density at radius 2 is 1.71 bits per heavy atom. The number of carbonyl (C=O) groups is 1. The highest BCUT2D eigenvalue weighted by molar-refractivity contribution is 6.05. The minimum atomic E-state index is -0.333. The van der Waals surface area contributed by atoms with Crippen LogP contribution in [-0.4, -0.2) is 57.2 Å². The number of carbonyl (C=O) groups excluding carboxylic acids is 1. The fraction of sp³-hybridized carbons (Fsp3) is 0.154. The second-order valence-corrected chi connectivity index (χ2v) is 12.1. The van der Waals surface area contributed by atoms with Crippen molar-refractivity contribution >= 4 is 33.4 Å². The van der Waals surface area contributed by atoms with E-state index in [0.717, 1.165) is 75.1 Å². The predicted molar refractivity (Wildman–Crippen MR) is 188 cm³/mol. The number of benzene rings is 4. The summed E-state index contributed by atoms with van der Waals surface area (Å²) in [6.07, 6.45) is 5.86. The van der Waals surface area contributed by atoms with Gasteiger partial charge in [-0.15, -0.1) is 0 Å². The van der Waals surface area contributed by atoms with Crippen LogP contribution >= 0.6 is 0 Å². The molecule has 1 aliphatic rings. The molecular weight excluding hydrogens is 603 g/mol. The van der Waals surface area contributed by atoms with Gasteiger partial charge in [0.05, 0.1) is 23.1 Å². The number of rotatable bonds is 9. The van der Waals surface area contributed by atoms with Crippen LogP contribution in [0.3, 0.4) is 0 Å². The second kappa shape index (κ2) is 12.8. The molecule has 0 saturated carbocycles. The molecule has 238 valence electrons. The van der Waals surface area contributed by atoms with Gasteiger partial charge in [0.2, 0.25) is 0 Å². The average Bonchev–Trinajstić information content (AvgIpc) is 3.88. The van der Waals surface area contributed by atoms with Crippen LogP contribution in [0.25, 0.3) is 55.4 Å². The lowest BCUT2D eigenvalue weighted by atomic mass is 10.0. The summed E-state index contributed by atoms with van der Waals surface area (Å²) in [5.74, 6) is 0.00115. The summed E-state index contributed by atoms with van der Waals surface area (Å²) in [7, 11) is 0. The molecule has 8 rings (SSSR count). The van der Waals surface area contributed by atoms with Gasteiger partial charge < -0.3 is 15.0 Å². The maximum absolute atomic E-state index is 14.8. The van der Waals surface area contributed by atoms with Gasteiger partial charge in [-0.1, -0.05) is 36.4 Å². The summed E-state index contributed by atoms with van der Waals surface area (Å²) in [5.41, 5.74) is 8.03. The number of likely N-dealkylation sites (tertiary alicyclic amines) is 1. The van der Waals surface area contributed by atoms with E-state index in [9.17, 15) is 9.18 Å². The van der Waals surface area contributed by atoms with Gasteiger partial charge in [-0.05, 0) is 97.2 Å². The van der Waals surface area contributed by atoms with Crippen molar-refractivity contribution < 1.29 is 13.9 Å². The normalized spacial score (nSPS) is 13.4. The van der Waals surface area contributed by atoms with Crippen LogP contribution in [0.5, 0.6) is 5.75 Å². The fourth-order valence-electron chi connectivity index (χ4n) is 6.49. The Morgan fingerprint density at radius 1 is 0.833 bits per heavy atom. The number of anilines is 1. The number of hydrogen-bond acceptors (Lipinski definition) is 5. The van der Waals surface area contributed by atoms with Gasteiger partial charge in [0.1, 0.15) is 23.9 Å². The highest BCUT2D eigenvalue weighted by Crippen LogP contribution is 2.36. The van der Waals surface area contributed by atoms with Crippen LogP contribution in [0.1, 0.15) is 23.2 Å². The number of nitrogens with zero attached hydrogens (tertiary/aromatic N) is 3. The third-order valence-corrected chi connectivity index (χ3v) is 8.90. The first-order valence-electron chi connectivity index (χ1n) is 16.2. The number of fused-ring (bicyclic) bond motifs is 2. The van der Waals surface area contributed by atoms with E-state index < -0.39 is 0 Å². The Hall–Kier alpha value is -5.80. The number of hydrogen-bond donors (Lipinski definition) is 3. The molecule has 0 spiro atoms. The topological polar surface area (TPSA) is 98.9 Å². The Balaban J connectivity index is 1.08. The molecule has 3 aromatic heterocycles. The molecule has 9 heteroatoms. The third-order valence-electron chi connectivity index (χ3n) is 8.90. The highest BCUT2D eigenvalue weighted by atomic mass is 19.1. The van der Waals surface area contributed by atoms with E-state index in [0.29, 0.717) is 23.6 Å². The summed E-state index contributed by atoms with van der Waals surface area (Å²) in [6, 6.07) is 30.0. The van der Waals surface area contributed by atoms with Crippen molar-refractivity contribution in [3.8, 4) is 39.4 Å². The second-order valence-electron chi connectivity index (χ2n) is 12.1. The molecular formula is C39H33FN6O2. The van der Waals surface area contributed by atoms with Crippen molar-refractivity contribution in [1.29, 1.82) is 0 Å². The van der Waals surface area contributed by atoms with Gasteiger partial charge in [0.15, 0.2) is 0 Å². The Bertz CT molecular complexity index is 2250. The van der Waals surface area contributed by atoms with Crippen LogP contribution in [0.4, 0.5) is 10.1 Å². The Morgan fingerprint density at radius 3 is 2.58 bits per heavy atom. The van der Waals surface area contributed by atoms with E-state index in [1.54, 1.807) is 30.6 Å². The number of nitrogens with one attached hydrogen (secondary N) is 3. The smallest absolute Gasteiger partial charge is 0.255 e. The zero-order chi connectivity index (χ0) is 32.5. The summed E-state index contributed by atoms with van der Waals surface area (Å²) in [4.78, 5) is 23.0. The quantitative estimate of drug-likeness (QED) is 0.148. The van der Waals surface area contributed by atoms with E-state index in [1.165, 1.54) is 18.9 Å². The number of ether oxygens (including phenoxy) is 1. The molecule has 1 saturated heterocycles. The van der Waals surface area contributed by atoms with Gasteiger partial charge in [-0.2, -0.15) is 5.10 Å². The first kappa shape index (κ1) is 29.6. The monoisotopic (exact) mass is 636 g/mol. The summed E-state index contributed by atoms with van der Waals surface area (Å²) >= 11 is 0. The lowest BCUT2D eigenvalue weighted by Gasteiger charge is -2.15. The van der Waals surface area contributed by atoms with Crippen LogP contribution < -0.4 is 10.1 Å². The van der Waals surface area contributed by atoms with E-state index in [2.05, 4.69) is 42.5 Å². The Kier molecular flexibility index (Phi) is 7.87. The van der Waals surface area contributed by atoms with E-state index in [4.69, 9.17) is 4.74 Å². The van der Waals surface area contributed by atoms with E-state index in [-0.39, 0.29) is 11.7 Å². The molecule has 3 N–H and O–H groups in total. The molecule has 4 aromatic carbocycles. The van der Waals surface area contributed by atoms with Crippen LogP contribution in [0.15, 0.2) is 109 Å². The molecule has 0 aliphatic carbocycles. The number of aromatic amines is 2. The standard InChI is InChI=1S/C39H33FN6O2/c40-29-17-27(19-31(21-29)48-16-15-46-13-4-5-14-46)32-9-6-10-35-33(32)22-37(43-35)38-34-20-26(11-12-36(34)44-45-38)28-18-30(24-41-23-28)42-39(47)25-7-2-1-3-8-25/h1-3,6-12,17-24,43H,4-5,13-16H2,(H,42,47)(H,44,45). The number of halogens is 1. The van der Waals surface area contributed by atoms with Crippen LogP contribution in [0, 0.1) is 5.82 Å². The first-order chi connectivity index (χ1) is 23.6. The van der Waals surface area contributed by atoms with E-state index in [1.807, 2.05) is 60.7 Å². The molecule has 7 aromatic rings. The number of H-pyrrole nitrogens is 2. The average molecular weight is 637 g/mol. The molecule has 0 bridgehead atoms. The zero-order valence-electron chi connectivity index (χ0n) is 26.2. The van der Waals surface area contributed by atoms with Gasteiger partial charge in [0.25, 0.3) is 5.91 Å². The molecule has 4 heterocycles. The van der Waals surface area contributed by atoms with Gasteiger partial charge in [-0.3, -0.25) is 19.8 Å². The minimum absolute atomic E-state index is 0.195. The van der Waals surface area contributed by atoms with Crippen molar-refractivity contribution in [1.82, 2.24) is 25.1 Å².